The van der Waals surface area contributed by atoms with Gasteiger partial charge in [-0.3, -0.25) is 4.79 Å². The van der Waals surface area contributed by atoms with E-state index >= 15 is 0 Å². The standard InChI is InChI=1S/C15H28N4O2/c1-12-11-18(2)9-10-19(12)14(20)15(13(16)17-21)7-5-3-4-6-8-15/h12,21H,3-11H2,1-2H3,(H2,16,17). The molecule has 6 nitrogen and oxygen atoms in total. The van der Waals surface area contributed by atoms with Crippen LogP contribution in [0.4, 0.5) is 0 Å². The van der Waals surface area contributed by atoms with Crippen LogP contribution in [0.1, 0.15) is 45.4 Å². The van der Waals surface area contributed by atoms with Gasteiger partial charge in [-0.05, 0) is 26.8 Å². The average Bonchev–Trinajstić information content (AvgIpc) is 2.72. The molecule has 3 N–H and O–H groups in total. The van der Waals surface area contributed by atoms with Crippen LogP contribution in [-0.2, 0) is 4.79 Å². The first-order valence-electron chi connectivity index (χ1n) is 7.99. The first kappa shape index (κ1) is 16.1. The number of carbonyl (C=O) groups excluding carboxylic acids is 1. The molecule has 1 heterocycles. The molecule has 1 aliphatic heterocycles. The second kappa shape index (κ2) is 6.64. The third kappa shape index (κ3) is 3.15. The van der Waals surface area contributed by atoms with E-state index in [1.165, 1.54) is 0 Å². The van der Waals surface area contributed by atoms with Gasteiger partial charge in [-0.25, -0.2) is 0 Å². The number of likely N-dealkylation sites (N-methyl/N-ethyl adjacent to an activating group) is 1. The Morgan fingerprint density at radius 3 is 2.38 bits per heavy atom. The van der Waals surface area contributed by atoms with Crippen molar-refractivity contribution in [2.45, 2.75) is 51.5 Å². The molecule has 6 heteroatoms. The first-order valence-corrected chi connectivity index (χ1v) is 7.99. The Morgan fingerprint density at radius 2 is 1.86 bits per heavy atom. The van der Waals surface area contributed by atoms with Gasteiger partial charge in [-0.15, -0.1) is 0 Å². The van der Waals surface area contributed by atoms with Gasteiger partial charge < -0.3 is 20.7 Å². The summed E-state index contributed by atoms with van der Waals surface area (Å²) in [6.45, 7) is 4.54. The van der Waals surface area contributed by atoms with Crippen LogP contribution >= 0.6 is 0 Å². The summed E-state index contributed by atoms with van der Waals surface area (Å²) in [4.78, 5) is 17.3. The van der Waals surface area contributed by atoms with Crippen LogP contribution in [0.15, 0.2) is 5.16 Å². The summed E-state index contributed by atoms with van der Waals surface area (Å²) in [6, 6.07) is 0.169. The molecule has 0 bridgehead atoms. The topological polar surface area (TPSA) is 82.2 Å². The Kier molecular flexibility index (Phi) is 5.08. The molecule has 2 aliphatic rings. The van der Waals surface area contributed by atoms with Crippen molar-refractivity contribution in [3.05, 3.63) is 0 Å². The number of hydrogen-bond acceptors (Lipinski definition) is 4. The summed E-state index contributed by atoms with van der Waals surface area (Å²) < 4.78 is 0. The molecule has 2 rings (SSSR count). The van der Waals surface area contributed by atoms with E-state index in [0.29, 0.717) is 12.8 Å². The maximum absolute atomic E-state index is 13.2. The number of nitrogens with zero attached hydrogens (tertiary/aromatic N) is 3. The van der Waals surface area contributed by atoms with E-state index in [9.17, 15) is 10.0 Å². The zero-order chi connectivity index (χ0) is 15.5. The van der Waals surface area contributed by atoms with E-state index in [1.807, 2.05) is 4.90 Å². The minimum atomic E-state index is -0.796. The van der Waals surface area contributed by atoms with E-state index in [1.54, 1.807) is 0 Å². The molecule has 1 aliphatic carbocycles. The lowest BCUT2D eigenvalue weighted by molar-refractivity contribution is -0.143. The van der Waals surface area contributed by atoms with Crippen LogP contribution in [0.2, 0.25) is 0 Å². The number of amides is 1. The number of nitrogens with two attached hydrogens (primary N) is 1. The van der Waals surface area contributed by atoms with Crippen LogP contribution < -0.4 is 5.73 Å². The van der Waals surface area contributed by atoms with Crippen molar-refractivity contribution in [3.8, 4) is 0 Å². The zero-order valence-corrected chi connectivity index (χ0v) is 13.2. The SMILES string of the molecule is CC1CN(C)CCN1C(=O)C1(C(N)=NO)CCCCCC1. The molecular weight excluding hydrogens is 268 g/mol. The van der Waals surface area contributed by atoms with Gasteiger partial charge in [-0.1, -0.05) is 30.8 Å². The van der Waals surface area contributed by atoms with Gasteiger partial charge >= 0.3 is 0 Å². The lowest BCUT2D eigenvalue weighted by Gasteiger charge is -2.43. The number of amidine groups is 1. The third-order valence-corrected chi connectivity index (χ3v) is 5.06. The fourth-order valence-electron chi connectivity index (χ4n) is 3.72. The molecule has 1 unspecified atom stereocenters. The molecule has 1 atom stereocenters. The lowest BCUT2D eigenvalue weighted by Crippen LogP contribution is -2.59. The number of hydrogen-bond donors (Lipinski definition) is 2. The summed E-state index contributed by atoms with van der Waals surface area (Å²) in [5, 5.41) is 12.4. The second-order valence-electron chi connectivity index (χ2n) is 6.59. The fraction of sp³-hybridized carbons (Fsp3) is 0.867. The Balaban J connectivity index is 2.26. The molecule has 0 aromatic rings. The number of carbonyl (C=O) groups is 1. The minimum Gasteiger partial charge on any atom is -0.409 e. The van der Waals surface area contributed by atoms with Gasteiger partial charge in [0.15, 0.2) is 5.84 Å². The Bertz CT molecular complexity index is 402. The fourth-order valence-corrected chi connectivity index (χ4v) is 3.72. The van der Waals surface area contributed by atoms with Crippen molar-refractivity contribution in [2.75, 3.05) is 26.7 Å². The van der Waals surface area contributed by atoms with E-state index in [2.05, 4.69) is 24.0 Å². The van der Waals surface area contributed by atoms with Gasteiger partial charge in [0.1, 0.15) is 5.41 Å². The van der Waals surface area contributed by atoms with Gasteiger partial charge in [0.25, 0.3) is 0 Å². The first-order chi connectivity index (χ1) is 10.0. The van der Waals surface area contributed by atoms with Gasteiger partial charge in [0.05, 0.1) is 0 Å². The van der Waals surface area contributed by atoms with E-state index < -0.39 is 5.41 Å². The smallest absolute Gasteiger partial charge is 0.236 e. The molecular formula is C15H28N4O2. The predicted molar refractivity (Wildman–Crippen MR) is 82.2 cm³/mol. The summed E-state index contributed by atoms with van der Waals surface area (Å²) in [5.41, 5.74) is 5.18. The summed E-state index contributed by atoms with van der Waals surface area (Å²) >= 11 is 0. The van der Waals surface area contributed by atoms with Crippen molar-refractivity contribution in [3.63, 3.8) is 0 Å². The van der Waals surface area contributed by atoms with Gasteiger partial charge in [0.2, 0.25) is 5.91 Å². The molecule has 120 valence electrons. The van der Waals surface area contributed by atoms with Crippen LogP contribution in [-0.4, -0.2) is 59.5 Å². The van der Waals surface area contributed by atoms with Crippen molar-refractivity contribution in [2.24, 2.45) is 16.3 Å². The van der Waals surface area contributed by atoms with Gasteiger partial charge in [-0.2, -0.15) is 0 Å². The highest BCUT2D eigenvalue weighted by atomic mass is 16.4. The largest absolute Gasteiger partial charge is 0.409 e. The monoisotopic (exact) mass is 296 g/mol. The number of rotatable bonds is 2. The highest BCUT2D eigenvalue weighted by molar-refractivity contribution is 6.06. The molecule has 2 fully saturated rings. The van der Waals surface area contributed by atoms with Crippen molar-refractivity contribution in [1.82, 2.24) is 9.80 Å². The lowest BCUT2D eigenvalue weighted by atomic mass is 9.77. The summed E-state index contributed by atoms with van der Waals surface area (Å²) in [7, 11) is 2.07. The Hall–Kier alpha value is -1.30. The quantitative estimate of drug-likeness (QED) is 0.264. The van der Waals surface area contributed by atoms with Crippen LogP contribution in [0, 0.1) is 5.41 Å². The highest BCUT2D eigenvalue weighted by Gasteiger charge is 2.46. The van der Waals surface area contributed by atoms with Crippen LogP contribution in [0.5, 0.6) is 0 Å². The van der Waals surface area contributed by atoms with Crippen molar-refractivity contribution < 1.29 is 10.0 Å². The molecule has 1 saturated heterocycles. The van der Waals surface area contributed by atoms with E-state index in [-0.39, 0.29) is 17.8 Å². The highest BCUT2D eigenvalue weighted by Crippen LogP contribution is 2.38. The maximum atomic E-state index is 13.2. The summed E-state index contributed by atoms with van der Waals surface area (Å²) in [5.74, 6) is 0.154. The molecule has 0 aromatic carbocycles. The zero-order valence-electron chi connectivity index (χ0n) is 13.2. The van der Waals surface area contributed by atoms with Crippen LogP contribution in [0.25, 0.3) is 0 Å². The predicted octanol–water partition coefficient (Wildman–Crippen LogP) is 1.24. The van der Waals surface area contributed by atoms with Gasteiger partial charge in [0, 0.05) is 25.7 Å². The molecule has 21 heavy (non-hydrogen) atoms. The van der Waals surface area contributed by atoms with Crippen molar-refractivity contribution >= 4 is 11.7 Å². The molecule has 1 saturated carbocycles. The number of oxime groups is 1. The van der Waals surface area contributed by atoms with E-state index in [4.69, 9.17) is 5.73 Å². The normalized spacial score (nSPS) is 28.2. The molecule has 1 amide bonds. The third-order valence-electron chi connectivity index (χ3n) is 5.06. The Morgan fingerprint density at radius 1 is 1.24 bits per heavy atom. The second-order valence-corrected chi connectivity index (χ2v) is 6.59. The Labute approximate surface area is 127 Å². The number of piperazine rings is 1. The van der Waals surface area contributed by atoms with Crippen molar-refractivity contribution in [1.29, 1.82) is 0 Å². The van der Waals surface area contributed by atoms with Crippen LogP contribution in [0.3, 0.4) is 0 Å². The summed E-state index contributed by atoms with van der Waals surface area (Å²) in [6.07, 6.45) is 5.55. The molecule has 0 radical (unpaired) electrons. The average molecular weight is 296 g/mol. The molecule has 0 spiro atoms. The minimum absolute atomic E-state index is 0.0558. The maximum Gasteiger partial charge on any atom is 0.236 e. The van der Waals surface area contributed by atoms with E-state index in [0.717, 1.165) is 45.3 Å². The molecule has 0 aromatic heterocycles.